The molecule has 2 aromatic carbocycles. The third-order valence-electron chi connectivity index (χ3n) is 3.69. The highest BCUT2D eigenvalue weighted by molar-refractivity contribution is 6.33. The lowest BCUT2D eigenvalue weighted by Gasteiger charge is -2.10. The number of anilines is 3. The maximum Gasteiger partial charge on any atom is 0.274 e. The molecule has 0 spiro atoms. The number of nitrogens with one attached hydrogen (secondary N) is 2. The van der Waals surface area contributed by atoms with Crippen molar-refractivity contribution in [1.82, 2.24) is 9.97 Å². The van der Waals surface area contributed by atoms with E-state index >= 15 is 0 Å². The SMILES string of the molecule is Cc1cc(C)cc(Nc2nc(C)cc(C(=O)Nc3ccccc3Cl)n2)c1. The number of hydrogen-bond donors (Lipinski definition) is 2. The summed E-state index contributed by atoms with van der Waals surface area (Å²) in [7, 11) is 0. The molecule has 0 atom stereocenters. The van der Waals surface area contributed by atoms with Crippen molar-refractivity contribution in [3.63, 3.8) is 0 Å². The number of para-hydroxylation sites is 1. The normalized spacial score (nSPS) is 10.5. The highest BCUT2D eigenvalue weighted by Gasteiger charge is 2.12. The zero-order valence-corrected chi connectivity index (χ0v) is 15.6. The third kappa shape index (κ3) is 4.37. The van der Waals surface area contributed by atoms with E-state index in [1.165, 1.54) is 0 Å². The van der Waals surface area contributed by atoms with Crippen LogP contribution in [-0.4, -0.2) is 15.9 Å². The Hall–Kier alpha value is -2.92. The number of carbonyl (C=O) groups is 1. The molecule has 6 heteroatoms. The molecule has 1 aromatic heterocycles. The molecule has 0 aliphatic heterocycles. The molecule has 0 aliphatic carbocycles. The second kappa shape index (κ2) is 7.54. The monoisotopic (exact) mass is 366 g/mol. The molecule has 1 heterocycles. The van der Waals surface area contributed by atoms with Gasteiger partial charge < -0.3 is 10.6 Å². The van der Waals surface area contributed by atoms with Gasteiger partial charge in [0.05, 0.1) is 10.7 Å². The summed E-state index contributed by atoms with van der Waals surface area (Å²) < 4.78 is 0. The number of halogens is 1. The number of rotatable bonds is 4. The molecule has 0 aliphatic rings. The summed E-state index contributed by atoms with van der Waals surface area (Å²) in [6.07, 6.45) is 0. The van der Waals surface area contributed by atoms with Crippen molar-refractivity contribution in [3.8, 4) is 0 Å². The highest BCUT2D eigenvalue weighted by Crippen LogP contribution is 2.22. The van der Waals surface area contributed by atoms with Crippen molar-refractivity contribution >= 4 is 34.8 Å². The Kier molecular flexibility index (Phi) is 5.19. The van der Waals surface area contributed by atoms with Gasteiger partial charge in [0, 0.05) is 11.4 Å². The summed E-state index contributed by atoms with van der Waals surface area (Å²) in [6.45, 7) is 5.87. The fourth-order valence-corrected chi connectivity index (χ4v) is 2.85. The average molecular weight is 367 g/mol. The molecule has 3 aromatic rings. The standard InChI is InChI=1S/C20H19ClN4O/c1-12-8-13(2)10-15(9-12)23-20-22-14(3)11-18(25-20)19(26)24-17-7-5-4-6-16(17)21/h4-11H,1-3H3,(H,24,26)(H,22,23,25). The number of benzene rings is 2. The van der Waals surface area contributed by atoms with Gasteiger partial charge in [0.25, 0.3) is 5.91 Å². The lowest BCUT2D eigenvalue weighted by Crippen LogP contribution is -2.15. The summed E-state index contributed by atoms with van der Waals surface area (Å²) in [5.74, 6) is 0.0337. The number of aryl methyl sites for hydroxylation is 3. The van der Waals surface area contributed by atoms with Crippen LogP contribution in [0.4, 0.5) is 17.3 Å². The molecular formula is C20H19ClN4O. The van der Waals surface area contributed by atoms with Crippen molar-refractivity contribution in [1.29, 1.82) is 0 Å². The van der Waals surface area contributed by atoms with Crippen LogP contribution in [0, 0.1) is 20.8 Å². The molecule has 0 saturated heterocycles. The second-order valence-corrected chi connectivity index (χ2v) is 6.56. The maximum absolute atomic E-state index is 12.5. The molecule has 26 heavy (non-hydrogen) atoms. The highest BCUT2D eigenvalue weighted by atomic mass is 35.5. The molecule has 1 amide bonds. The first-order valence-electron chi connectivity index (χ1n) is 8.17. The van der Waals surface area contributed by atoms with Crippen LogP contribution in [0.5, 0.6) is 0 Å². The smallest absolute Gasteiger partial charge is 0.274 e. The maximum atomic E-state index is 12.5. The fourth-order valence-electron chi connectivity index (χ4n) is 2.67. The molecule has 0 radical (unpaired) electrons. The summed E-state index contributed by atoms with van der Waals surface area (Å²) in [4.78, 5) is 21.2. The van der Waals surface area contributed by atoms with Crippen molar-refractivity contribution in [3.05, 3.63) is 76.1 Å². The first-order valence-corrected chi connectivity index (χ1v) is 8.55. The number of carbonyl (C=O) groups excluding carboxylic acids is 1. The van der Waals surface area contributed by atoms with Gasteiger partial charge in [-0.3, -0.25) is 4.79 Å². The van der Waals surface area contributed by atoms with Crippen LogP contribution in [-0.2, 0) is 0 Å². The Morgan fingerprint density at radius 3 is 2.35 bits per heavy atom. The van der Waals surface area contributed by atoms with E-state index in [0.717, 1.165) is 16.8 Å². The summed E-state index contributed by atoms with van der Waals surface area (Å²) in [6, 6.07) is 14.8. The van der Waals surface area contributed by atoms with Crippen LogP contribution < -0.4 is 10.6 Å². The van der Waals surface area contributed by atoms with E-state index in [0.29, 0.717) is 22.4 Å². The third-order valence-corrected chi connectivity index (χ3v) is 4.02. The Labute approximate surface area is 157 Å². The van der Waals surface area contributed by atoms with Gasteiger partial charge in [-0.15, -0.1) is 0 Å². The molecule has 5 nitrogen and oxygen atoms in total. The quantitative estimate of drug-likeness (QED) is 0.678. The fraction of sp³-hybridized carbons (Fsp3) is 0.150. The molecule has 2 N–H and O–H groups in total. The van der Waals surface area contributed by atoms with Crippen molar-refractivity contribution < 1.29 is 4.79 Å². The van der Waals surface area contributed by atoms with Gasteiger partial charge in [0.1, 0.15) is 5.69 Å². The van der Waals surface area contributed by atoms with Gasteiger partial charge >= 0.3 is 0 Å². The van der Waals surface area contributed by atoms with Crippen LogP contribution in [0.1, 0.15) is 27.3 Å². The van der Waals surface area contributed by atoms with Gasteiger partial charge in [-0.05, 0) is 62.2 Å². The van der Waals surface area contributed by atoms with Crippen molar-refractivity contribution in [2.45, 2.75) is 20.8 Å². The van der Waals surface area contributed by atoms with E-state index in [1.807, 2.05) is 32.9 Å². The molecule has 132 valence electrons. The molecule has 0 saturated carbocycles. The van der Waals surface area contributed by atoms with Crippen LogP contribution in [0.2, 0.25) is 5.02 Å². The Bertz CT molecular complexity index is 952. The van der Waals surface area contributed by atoms with Gasteiger partial charge in [0.2, 0.25) is 5.95 Å². The molecule has 0 fully saturated rings. The Balaban J connectivity index is 1.85. The van der Waals surface area contributed by atoms with Crippen LogP contribution in [0.25, 0.3) is 0 Å². The molecule has 0 unspecified atom stereocenters. The van der Waals surface area contributed by atoms with Gasteiger partial charge in [-0.25, -0.2) is 9.97 Å². The minimum atomic E-state index is -0.341. The van der Waals surface area contributed by atoms with E-state index < -0.39 is 0 Å². The first kappa shape index (κ1) is 17.9. The first-order chi connectivity index (χ1) is 12.4. The number of hydrogen-bond acceptors (Lipinski definition) is 4. The van der Waals surface area contributed by atoms with Gasteiger partial charge in [0.15, 0.2) is 0 Å². The summed E-state index contributed by atoms with van der Waals surface area (Å²) >= 11 is 6.10. The Morgan fingerprint density at radius 2 is 1.65 bits per heavy atom. The average Bonchev–Trinajstić information content (AvgIpc) is 2.55. The zero-order valence-electron chi connectivity index (χ0n) is 14.8. The number of aromatic nitrogens is 2. The minimum absolute atomic E-state index is 0.268. The van der Waals surface area contributed by atoms with Gasteiger partial charge in [-0.1, -0.05) is 29.8 Å². The zero-order chi connectivity index (χ0) is 18.7. The number of nitrogens with zero attached hydrogens (tertiary/aromatic N) is 2. The van der Waals surface area contributed by atoms with Crippen LogP contribution in [0.3, 0.4) is 0 Å². The van der Waals surface area contributed by atoms with Crippen LogP contribution in [0.15, 0.2) is 48.5 Å². The molecule has 0 bridgehead atoms. The molecule has 3 rings (SSSR count). The summed E-state index contributed by atoms with van der Waals surface area (Å²) in [5.41, 5.74) is 4.65. The van der Waals surface area contributed by atoms with Crippen LogP contribution >= 0.6 is 11.6 Å². The van der Waals surface area contributed by atoms with E-state index in [1.54, 1.807) is 30.3 Å². The van der Waals surface area contributed by atoms with E-state index in [-0.39, 0.29) is 11.6 Å². The number of amides is 1. The van der Waals surface area contributed by atoms with Crippen molar-refractivity contribution in [2.24, 2.45) is 0 Å². The largest absolute Gasteiger partial charge is 0.324 e. The van der Waals surface area contributed by atoms with E-state index in [4.69, 9.17) is 11.6 Å². The summed E-state index contributed by atoms with van der Waals surface area (Å²) in [5, 5.41) is 6.42. The second-order valence-electron chi connectivity index (χ2n) is 6.15. The lowest BCUT2D eigenvalue weighted by atomic mass is 10.1. The minimum Gasteiger partial charge on any atom is -0.324 e. The predicted molar refractivity (Wildman–Crippen MR) is 105 cm³/mol. The van der Waals surface area contributed by atoms with E-state index in [9.17, 15) is 4.79 Å². The van der Waals surface area contributed by atoms with Gasteiger partial charge in [-0.2, -0.15) is 0 Å². The lowest BCUT2D eigenvalue weighted by molar-refractivity contribution is 0.102. The van der Waals surface area contributed by atoms with Crippen molar-refractivity contribution in [2.75, 3.05) is 10.6 Å². The topological polar surface area (TPSA) is 66.9 Å². The Morgan fingerprint density at radius 1 is 0.962 bits per heavy atom. The van der Waals surface area contributed by atoms with E-state index in [2.05, 4.69) is 26.7 Å². The predicted octanol–water partition coefficient (Wildman–Crippen LogP) is 5.05. The molecular weight excluding hydrogens is 348 g/mol.